The second-order valence-electron chi connectivity index (χ2n) is 4.99. The third kappa shape index (κ3) is 3.56. The Hall–Kier alpha value is -1.37. The summed E-state index contributed by atoms with van der Waals surface area (Å²) in [6.45, 7) is 4.51. The fourth-order valence-corrected chi connectivity index (χ4v) is 2.71. The predicted octanol–water partition coefficient (Wildman–Crippen LogP) is 2.51. The van der Waals surface area contributed by atoms with Crippen LogP contribution in [0.2, 0.25) is 0 Å². The second kappa shape index (κ2) is 6.70. The van der Waals surface area contributed by atoms with Gasteiger partial charge < -0.3 is 5.73 Å². The molecular weight excluding hydrogens is 239 g/mol. The summed E-state index contributed by atoms with van der Waals surface area (Å²) >= 11 is 0. The van der Waals surface area contributed by atoms with Gasteiger partial charge in [-0.15, -0.1) is 0 Å². The van der Waals surface area contributed by atoms with Gasteiger partial charge in [-0.25, -0.2) is 4.39 Å². The van der Waals surface area contributed by atoms with Gasteiger partial charge in [-0.3, -0.25) is 4.90 Å². The molecular formula is C16H21FN2. The highest BCUT2D eigenvalue weighted by Crippen LogP contribution is 2.22. The van der Waals surface area contributed by atoms with Crippen LogP contribution in [0, 0.1) is 17.7 Å². The molecule has 1 aliphatic rings. The minimum absolute atomic E-state index is 0.258. The first-order chi connectivity index (χ1) is 9.24. The lowest BCUT2D eigenvalue weighted by atomic mass is 10.1. The van der Waals surface area contributed by atoms with Crippen molar-refractivity contribution in [2.45, 2.75) is 38.8 Å². The van der Waals surface area contributed by atoms with E-state index in [-0.39, 0.29) is 12.4 Å². The smallest absolute Gasteiger partial charge is 0.138 e. The molecule has 2 rings (SSSR count). The van der Waals surface area contributed by atoms with E-state index in [0.717, 1.165) is 18.7 Å². The molecule has 2 nitrogen and oxygen atoms in total. The van der Waals surface area contributed by atoms with Crippen molar-refractivity contribution in [2.24, 2.45) is 5.73 Å². The Labute approximate surface area is 114 Å². The summed E-state index contributed by atoms with van der Waals surface area (Å²) < 4.78 is 13.6. The highest BCUT2D eigenvalue weighted by molar-refractivity contribution is 5.38. The molecule has 102 valence electrons. The van der Waals surface area contributed by atoms with Gasteiger partial charge in [0.1, 0.15) is 5.82 Å². The topological polar surface area (TPSA) is 29.3 Å². The lowest BCUT2D eigenvalue weighted by Crippen LogP contribution is -2.28. The lowest BCUT2D eigenvalue weighted by molar-refractivity contribution is 0.240. The van der Waals surface area contributed by atoms with E-state index in [9.17, 15) is 4.39 Å². The SMILES string of the molecule is CCC1CCCN1Cc1ccc(F)c(C#CCN)c1. The van der Waals surface area contributed by atoms with Gasteiger partial charge in [-0.2, -0.15) is 0 Å². The molecule has 1 atom stereocenters. The minimum atomic E-state index is -0.266. The van der Waals surface area contributed by atoms with Gasteiger partial charge >= 0.3 is 0 Å². The van der Waals surface area contributed by atoms with E-state index in [1.54, 1.807) is 0 Å². The summed E-state index contributed by atoms with van der Waals surface area (Å²) in [5, 5.41) is 0. The minimum Gasteiger partial charge on any atom is -0.320 e. The number of halogens is 1. The van der Waals surface area contributed by atoms with Crippen molar-refractivity contribution in [1.29, 1.82) is 0 Å². The molecule has 0 radical (unpaired) electrons. The highest BCUT2D eigenvalue weighted by Gasteiger charge is 2.22. The Morgan fingerprint density at radius 2 is 2.32 bits per heavy atom. The number of rotatable bonds is 3. The molecule has 19 heavy (non-hydrogen) atoms. The molecule has 1 fully saturated rings. The van der Waals surface area contributed by atoms with Crippen LogP contribution in [0.25, 0.3) is 0 Å². The van der Waals surface area contributed by atoms with Gasteiger partial charge in [0.15, 0.2) is 0 Å². The molecule has 0 saturated carbocycles. The average molecular weight is 260 g/mol. The molecule has 1 unspecified atom stereocenters. The van der Waals surface area contributed by atoms with Crippen molar-refractivity contribution >= 4 is 0 Å². The van der Waals surface area contributed by atoms with E-state index >= 15 is 0 Å². The van der Waals surface area contributed by atoms with E-state index in [2.05, 4.69) is 23.7 Å². The van der Waals surface area contributed by atoms with Crippen LogP contribution in [-0.2, 0) is 6.54 Å². The molecule has 1 aliphatic heterocycles. The first kappa shape index (κ1) is 14.0. The predicted molar refractivity (Wildman–Crippen MR) is 76.1 cm³/mol. The molecule has 1 saturated heterocycles. The van der Waals surface area contributed by atoms with E-state index in [1.165, 1.54) is 25.3 Å². The number of benzene rings is 1. The quantitative estimate of drug-likeness (QED) is 0.846. The Morgan fingerprint density at radius 3 is 3.05 bits per heavy atom. The number of hydrogen-bond acceptors (Lipinski definition) is 2. The van der Waals surface area contributed by atoms with Gasteiger partial charge in [0, 0.05) is 12.6 Å². The summed E-state index contributed by atoms with van der Waals surface area (Å²) in [7, 11) is 0. The fourth-order valence-electron chi connectivity index (χ4n) is 2.71. The van der Waals surface area contributed by atoms with Crippen LogP contribution < -0.4 is 5.73 Å². The fraction of sp³-hybridized carbons (Fsp3) is 0.500. The molecule has 3 heteroatoms. The molecule has 1 heterocycles. The van der Waals surface area contributed by atoms with Crippen molar-refractivity contribution in [3.05, 3.63) is 35.1 Å². The molecule has 1 aromatic rings. The largest absolute Gasteiger partial charge is 0.320 e. The summed E-state index contributed by atoms with van der Waals surface area (Å²) in [6.07, 6.45) is 3.72. The Balaban J connectivity index is 2.12. The highest BCUT2D eigenvalue weighted by atomic mass is 19.1. The molecule has 0 amide bonds. The van der Waals surface area contributed by atoms with Crippen LogP contribution >= 0.6 is 0 Å². The van der Waals surface area contributed by atoms with E-state index in [0.29, 0.717) is 11.6 Å². The van der Waals surface area contributed by atoms with Crippen LogP contribution in [0.15, 0.2) is 18.2 Å². The van der Waals surface area contributed by atoms with Crippen molar-refractivity contribution < 1.29 is 4.39 Å². The molecule has 2 N–H and O–H groups in total. The van der Waals surface area contributed by atoms with Crippen LogP contribution in [0.1, 0.15) is 37.3 Å². The maximum absolute atomic E-state index is 13.6. The Bertz CT molecular complexity index is 487. The summed E-state index contributed by atoms with van der Waals surface area (Å²) in [5.41, 5.74) is 6.91. The number of hydrogen-bond donors (Lipinski definition) is 1. The first-order valence-electron chi connectivity index (χ1n) is 6.96. The molecule has 1 aromatic carbocycles. The molecule has 0 spiro atoms. The average Bonchev–Trinajstić information content (AvgIpc) is 2.86. The van der Waals surface area contributed by atoms with Gasteiger partial charge in [0.25, 0.3) is 0 Å². The van der Waals surface area contributed by atoms with Crippen LogP contribution in [0.3, 0.4) is 0 Å². The van der Waals surface area contributed by atoms with Crippen molar-refractivity contribution in [2.75, 3.05) is 13.1 Å². The van der Waals surface area contributed by atoms with Gasteiger partial charge in [0.2, 0.25) is 0 Å². The lowest BCUT2D eigenvalue weighted by Gasteiger charge is -2.23. The van der Waals surface area contributed by atoms with Crippen molar-refractivity contribution in [3.63, 3.8) is 0 Å². The first-order valence-corrected chi connectivity index (χ1v) is 6.96. The van der Waals surface area contributed by atoms with Crippen LogP contribution in [0.4, 0.5) is 4.39 Å². The van der Waals surface area contributed by atoms with Gasteiger partial charge in [0.05, 0.1) is 12.1 Å². The zero-order valence-corrected chi connectivity index (χ0v) is 11.5. The second-order valence-corrected chi connectivity index (χ2v) is 4.99. The Kier molecular flexibility index (Phi) is 4.95. The third-order valence-corrected chi connectivity index (χ3v) is 3.71. The van der Waals surface area contributed by atoms with Crippen molar-refractivity contribution in [3.8, 4) is 11.8 Å². The molecule has 0 aliphatic carbocycles. The van der Waals surface area contributed by atoms with Gasteiger partial charge in [-0.05, 0) is 43.5 Å². The van der Waals surface area contributed by atoms with Crippen LogP contribution in [-0.4, -0.2) is 24.0 Å². The summed E-state index contributed by atoms with van der Waals surface area (Å²) in [4.78, 5) is 2.48. The maximum Gasteiger partial charge on any atom is 0.138 e. The molecule has 0 aromatic heterocycles. The normalized spacial score (nSPS) is 19.2. The Morgan fingerprint density at radius 1 is 1.47 bits per heavy atom. The van der Waals surface area contributed by atoms with Gasteiger partial charge in [-0.1, -0.05) is 24.8 Å². The monoisotopic (exact) mass is 260 g/mol. The number of nitrogens with two attached hydrogens (primary N) is 1. The zero-order valence-electron chi connectivity index (χ0n) is 11.5. The third-order valence-electron chi connectivity index (χ3n) is 3.71. The molecule has 0 bridgehead atoms. The maximum atomic E-state index is 13.6. The van der Waals surface area contributed by atoms with Crippen LogP contribution in [0.5, 0.6) is 0 Å². The van der Waals surface area contributed by atoms with Crippen molar-refractivity contribution in [1.82, 2.24) is 4.90 Å². The van der Waals surface area contributed by atoms with E-state index in [1.807, 2.05) is 12.1 Å². The zero-order chi connectivity index (χ0) is 13.7. The van der Waals surface area contributed by atoms with E-state index in [4.69, 9.17) is 5.73 Å². The summed E-state index contributed by atoms with van der Waals surface area (Å²) in [6, 6.07) is 5.88. The standard InChI is InChI=1S/C16H21FN2/c1-2-15-6-4-10-19(15)12-13-7-8-16(17)14(11-13)5-3-9-18/h7-8,11,15H,2,4,6,9-10,12,18H2,1H3. The number of nitrogens with zero attached hydrogens (tertiary/aromatic N) is 1. The number of likely N-dealkylation sites (tertiary alicyclic amines) is 1. The summed E-state index contributed by atoms with van der Waals surface area (Å²) in [5.74, 6) is 5.24. The van der Waals surface area contributed by atoms with E-state index < -0.39 is 0 Å².